The lowest BCUT2D eigenvalue weighted by Gasteiger charge is -2.34. The van der Waals surface area contributed by atoms with Crippen molar-refractivity contribution in [3.8, 4) is 0 Å². The smallest absolute Gasteiger partial charge is 0.407 e. The van der Waals surface area contributed by atoms with Crippen LogP contribution in [0, 0.1) is 17.7 Å². The monoisotopic (exact) mass is 869 g/mol. The second kappa shape index (κ2) is 20.8. The zero-order valence-corrected chi connectivity index (χ0v) is 36.9. The number of nitrogens with zero attached hydrogens (tertiary/aromatic N) is 3. The Morgan fingerprint density at radius 1 is 0.667 bits per heavy atom. The van der Waals surface area contributed by atoms with E-state index in [9.17, 15) is 33.2 Å². The molecule has 0 spiro atoms. The third-order valence-corrected chi connectivity index (χ3v) is 12.3. The van der Waals surface area contributed by atoms with Crippen molar-refractivity contribution in [3.05, 3.63) is 89.7 Å². The van der Waals surface area contributed by atoms with Crippen LogP contribution in [-0.2, 0) is 28.7 Å². The third kappa shape index (κ3) is 10.9. The quantitative estimate of drug-likeness (QED) is 0.131. The highest BCUT2D eigenvalue weighted by molar-refractivity contribution is 5.99. The Bertz CT molecular complexity index is 2130. The molecule has 3 heterocycles. The number of nitrogens with one attached hydrogen (secondary N) is 4. The summed E-state index contributed by atoms with van der Waals surface area (Å²) in [6.07, 6.45) is 2.43. The highest BCUT2D eigenvalue weighted by Crippen LogP contribution is 2.47. The number of carbonyl (C=O) groups excluding carboxylic acids is 6. The summed E-state index contributed by atoms with van der Waals surface area (Å²) in [5, 5.41) is 11.6. The van der Waals surface area contributed by atoms with E-state index in [1.807, 2.05) is 76.2 Å². The molecule has 3 aromatic carbocycles. The first-order chi connectivity index (χ1) is 30.2. The first-order valence-electron chi connectivity index (χ1n) is 21.8. The van der Waals surface area contributed by atoms with Crippen LogP contribution < -0.4 is 26.2 Å². The van der Waals surface area contributed by atoms with Crippen molar-refractivity contribution >= 4 is 52.8 Å². The molecule has 0 aliphatic carbocycles. The number of halogens is 1. The molecule has 0 saturated carbocycles. The van der Waals surface area contributed by atoms with E-state index >= 15 is 0 Å². The van der Waals surface area contributed by atoms with Gasteiger partial charge in [-0.1, -0.05) is 52.0 Å². The second-order valence-corrected chi connectivity index (χ2v) is 17.1. The van der Waals surface area contributed by atoms with Gasteiger partial charge in [0.15, 0.2) is 5.78 Å². The number of ether oxygens (including phenoxy) is 2. The molecule has 15 nitrogen and oxygen atoms in total. The molecular formula is C47H60FN7O8. The molecule has 63 heavy (non-hydrogen) atoms. The highest BCUT2D eigenvalue weighted by Gasteiger charge is 2.41. The summed E-state index contributed by atoms with van der Waals surface area (Å²) >= 11 is 0. The van der Waals surface area contributed by atoms with Gasteiger partial charge in [0.1, 0.15) is 23.9 Å². The van der Waals surface area contributed by atoms with Crippen molar-refractivity contribution in [1.82, 2.24) is 20.4 Å². The van der Waals surface area contributed by atoms with Crippen LogP contribution in [0.15, 0.2) is 72.8 Å². The number of methoxy groups -OCH3 is 2. The summed E-state index contributed by atoms with van der Waals surface area (Å²) in [5.74, 6) is -1.88. The minimum Gasteiger partial charge on any atom is -0.453 e. The van der Waals surface area contributed by atoms with Crippen LogP contribution >= 0.6 is 0 Å². The molecule has 5 amide bonds. The lowest BCUT2D eigenvalue weighted by Crippen LogP contribution is -2.54. The predicted molar refractivity (Wildman–Crippen MR) is 236 cm³/mol. The van der Waals surface area contributed by atoms with E-state index in [0.29, 0.717) is 44.5 Å². The van der Waals surface area contributed by atoms with E-state index in [-0.39, 0.29) is 59.8 Å². The number of ketones is 1. The number of rotatable bonds is 15. The van der Waals surface area contributed by atoms with E-state index in [0.717, 1.165) is 35.3 Å². The average molecular weight is 870 g/mol. The molecule has 3 aromatic rings. The number of hydrogen-bond acceptors (Lipinski definition) is 10. The zero-order chi connectivity index (χ0) is 45.4. The minimum atomic E-state index is -0.845. The first kappa shape index (κ1) is 46.3. The summed E-state index contributed by atoms with van der Waals surface area (Å²) in [5.41, 5.74) is 4.06. The van der Waals surface area contributed by atoms with E-state index in [1.54, 1.807) is 17.0 Å². The van der Waals surface area contributed by atoms with Gasteiger partial charge in [-0.25, -0.2) is 14.0 Å². The third-order valence-electron chi connectivity index (χ3n) is 12.3. The van der Waals surface area contributed by atoms with Gasteiger partial charge in [0, 0.05) is 30.2 Å². The molecule has 6 atom stereocenters. The van der Waals surface area contributed by atoms with Crippen LogP contribution in [0.3, 0.4) is 0 Å². The van der Waals surface area contributed by atoms with Crippen LogP contribution in [0.2, 0.25) is 0 Å². The van der Waals surface area contributed by atoms with Crippen LogP contribution in [0.25, 0.3) is 0 Å². The van der Waals surface area contributed by atoms with Gasteiger partial charge in [0.25, 0.3) is 0 Å². The number of carbonyl (C=O) groups is 6. The molecular weight excluding hydrogens is 810 g/mol. The van der Waals surface area contributed by atoms with Gasteiger partial charge < -0.3 is 45.4 Å². The van der Waals surface area contributed by atoms with Gasteiger partial charge >= 0.3 is 12.2 Å². The molecule has 0 radical (unpaired) electrons. The molecule has 3 fully saturated rings. The van der Waals surface area contributed by atoms with Gasteiger partial charge in [0.05, 0.1) is 38.9 Å². The summed E-state index contributed by atoms with van der Waals surface area (Å²) in [6.45, 7) is 8.12. The topological polar surface area (TPSA) is 179 Å². The average Bonchev–Trinajstić information content (AvgIpc) is 4.07. The van der Waals surface area contributed by atoms with Gasteiger partial charge in [-0.2, -0.15) is 0 Å². The Balaban J connectivity index is 1.16. The number of benzene rings is 3. The number of amides is 5. The fraction of sp³-hybridized carbons (Fsp3) is 0.489. The fourth-order valence-corrected chi connectivity index (χ4v) is 9.08. The Labute approximate surface area is 368 Å². The number of hydrogen-bond donors (Lipinski definition) is 4. The lowest BCUT2D eigenvalue weighted by molar-refractivity contribution is -0.139. The highest BCUT2D eigenvalue weighted by atomic mass is 19.1. The van der Waals surface area contributed by atoms with Crippen molar-refractivity contribution in [3.63, 3.8) is 0 Å². The van der Waals surface area contributed by atoms with Crippen molar-refractivity contribution < 1.29 is 42.6 Å². The molecule has 3 aliphatic rings. The van der Waals surface area contributed by atoms with Gasteiger partial charge in [-0.15, -0.1) is 0 Å². The minimum absolute atomic E-state index is 0.00236. The summed E-state index contributed by atoms with van der Waals surface area (Å²) in [6, 6.07) is 18.6. The van der Waals surface area contributed by atoms with Gasteiger partial charge in [-0.3, -0.25) is 19.2 Å². The van der Waals surface area contributed by atoms with Crippen molar-refractivity contribution in [2.45, 2.75) is 102 Å². The van der Waals surface area contributed by atoms with Crippen molar-refractivity contribution in [1.29, 1.82) is 0 Å². The number of alkyl carbamates (subject to hydrolysis) is 2. The van der Waals surface area contributed by atoms with E-state index in [4.69, 9.17) is 9.47 Å². The Kier molecular flexibility index (Phi) is 15.3. The first-order valence-corrected chi connectivity index (χ1v) is 21.8. The maximum atomic E-state index is 14.3. The van der Waals surface area contributed by atoms with E-state index in [1.165, 1.54) is 31.3 Å². The van der Waals surface area contributed by atoms with Crippen LogP contribution in [0.4, 0.5) is 31.0 Å². The maximum Gasteiger partial charge on any atom is 0.407 e. The summed E-state index contributed by atoms with van der Waals surface area (Å²) in [4.78, 5) is 84.0. The number of anilines is 3. The SMILES string of the molecule is COC(=O)NC(C(=O)N1CCCC1C(=O)CNc1cccc(C2CCC(c3cccc(NC(=O)C4CCCN4C(=O)C(NC(=O)OC)C(C)C)c3)N2c2ccc(F)cc2)c1)C(C)C. The normalized spacial score (nSPS) is 20.6. The van der Waals surface area contributed by atoms with Crippen molar-refractivity contribution in [2.75, 3.05) is 49.4 Å². The van der Waals surface area contributed by atoms with Crippen LogP contribution in [0.1, 0.15) is 89.4 Å². The standard InChI is InChI=1S/C47H60FN7O8/c1-28(2)41(51-46(60)62-5)44(58)53-23-9-15-38(53)40(56)27-49-33-13-7-11-30(25-33)36-21-22-37(55(36)35-19-17-32(48)18-20-35)31-12-8-14-34(26-31)50-43(57)39-16-10-24-54(39)45(59)42(29(3)4)52-47(61)63-6/h7-8,11-14,17-20,25-26,28-29,36-39,41-42,49H,9-10,15-16,21-24,27H2,1-6H3,(H,50,57)(H,51,60)(H,52,61). The Hall–Kier alpha value is -6.19. The maximum absolute atomic E-state index is 14.3. The number of likely N-dealkylation sites (tertiary alicyclic amines) is 2. The van der Waals surface area contributed by atoms with Crippen LogP contribution in [-0.4, -0.2) is 104 Å². The van der Waals surface area contributed by atoms with Gasteiger partial charge in [0.2, 0.25) is 17.7 Å². The van der Waals surface area contributed by atoms with E-state index < -0.39 is 36.4 Å². The second-order valence-electron chi connectivity index (χ2n) is 17.1. The largest absolute Gasteiger partial charge is 0.453 e. The summed E-state index contributed by atoms with van der Waals surface area (Å²) < 4.78 is 23.8. The Morgan fingerprint density at radius 2 is 1.16 bits per heavy atom. The van der Waals surface area contributed by atoms with Crippen molar-refractivity contribution in [2.24, 2.45) is 11.8 Å². The zero-order valence-electron chi connectivity index (χ0n) is 36.9. The van der Waals surface area contributed by atoms with E-state index in [2.05, 4.69) is 26.2 Å². The molecule has 3 saturated heterocycles. The lowest BCUT2D eigenvalue weighted by atomic mass is 10.0. The fourth-order valence-electron chi connectivity index (χ4n) is 9.08. The van der Waals surface area contributed by atoms with Crippen LogP contribution in [0.5, 0.6) is 0 Å². The molecule has 338 valence electrons. The summed E-state index contributed by atoms with van der Waals surface area (Å²) in [7, 11) is 2.48. The molecule has 6 unspecified atom stereocenters. The van der Waals surface area contributed by atoms with Gasteiger partial charge in [-0.05, 0) is 110 Å². The number of Topliss-reactive ketones (excluding diaryl/α,β-unsaturated/α-hetero) is 1. The molecule has 0 aromatic heterocycles. The molecule has 0 bridgehead atoms. The molecule has 6 rings (SSSR count). The molecule has 4 N–H and O–H groups in total. The predicted octanol–water partition coefficient (Wildman–Crippen LogP) is 6.57. The Morgan fingerprint density at radius 3 is 1.68 bits per heavy atom. The molecule has 16 heteroatoms. The molecule has 3 aliphatic heterocycles.